The quantitative estimate of drug-likeness (QED) is 0.920. The molecule has 2 aromatic rings. The third kappa shape index (κ3) is 3.88. The average Bonchev–Trinajstić information content (AvgIpc) is 2.46. The van der Waals surface area contributed by atoms with Crippen LogP contribution in [0.4, 0.5) is 5.69 Å². The molecule has 0 heterocycles. The summed E-state index contributed by atoms with van der Waals surface area (Å²) in [4.78, 5) is 12.2. The van der Waals surface area contributed by atoms with Crippen molar-refractivity contribution >= 4 is 34.8 Å². The average molecular weight is 321 g/mol. The van der Waals surface area contributed by atoms with Crippen LogP contribution in [0.15, 0.2) is 42.5 Å². The number of benzene rings is 2. The Morgan fingerprint density at radius 1 is 1.14 bits per heavy atom. The van der Waals surface area contributed by atoms with Gasteiger partial charge in [0.15, 0.2) is 6.61 Å². The number of amides is 1. The maximum Gasteiger partial charge on any atom is 0.258 e. The third-order valence-electron chi connectivity index (χ3n) is 2.61. The highest BCUT2D eigenvalue weighted by atomic mass is 35.5. The van der Waals surface area contributed by atoms with Crippen molar-refractivity contribution in [2.45, 2.75) is 0 Å². The lowest BCUT2D eigenvalue weighted by Crippen LogP contribution is -2.13. The second-order valence-electron chi connectivity index (χ2n) is 4.02. The fourth-order valence-electron chi connectivity index (χ4n) is 1.66. The molecule has 0 saturated heterocycles. The molecule has 2 rings (SSSR count). The van der Waals surface area contributed by atoms with Crippen molar-refractivity contribution in [2.24, 2.45) is 0 Å². The minimum Gasteiger partial charge on any atom is -0.479 e. The number of halogens is 2. The molecule has 0 fully saturated rings. The fraction of sp³-hybridized carbons (Fsp3) is 0.0667. The van der Waals surface area contributed by atoms with Crippen molar-refractivity contribution in [3.63, 3.8) is 0 Å². The lowest BCUT2D eigenvalue weighted by molar-refractivity contribution is 0.102. The van der Waals surface area contributed by atoms with Crippen molar-refractivity contribution in [2.75, 3.05) is 11.9 Å². The number of nitriles is 1. The molecule has 1 amide bonds. The number of hydrogen-bond acceptors (Lipinski definition) is 3. The Bertz CT molecular complexity index is 674. The molecule has 0 aliphatic rings. The molecule has 0 atom stereocenters. The first-order chi connectivity index (χ1) is 10.1. The van der Waals surface area contributed by atoms with E-state index in [2.05, 4.69) is 5.32 Å². The van der Waals surface area contributed by atoms with E-state index in [0.29, 0.717) is 11.4 Å². The molecule has 2 aromatic carbocycles. The summed E-state index contributed by atoms with van der Waals surface area (Å²) in [6, 6.07) is 13.4. The van der Waals surface area contributed by atoms with E-state index >= 15 is 0 Å². The largest absolute Gasteiger partial charge is 0.479 e. The number of hydrogen-bond donors (Lipinski definition) is 1. The first-order valence-electron chi connectivity index (χ1n) is 5.97. The van der Waals surface area contributed by atoms with Gasteiger partial charge in [0, 0.05) is 5.69 Å². The molecule has 106 valence electrons. The van der Waals surface area contributed by atoms with E-state index in [1.165, 1.54) is 0 Å². The Labute approximate surface area is 131 Å². The van der Waals surface area contributed by atoms with Crippen LogP contribution in [0.25, 0.3) is 0 Å². The number of rotatable bonds is 4. The van der Waals surface area contributed by atoms with Gasteiger partial charge in [-0.1, -0.05) is 29.3 Å². The molecule has 0 radical (unpaired) electrons. The molecule has 0 bridgehead atoms. The van der Waals surface area contributed by atoms with E-state index in [4.69, 9.17) is 33.2 Å². The molecule has 0 aliphatic carbocycles. The maximum atomic E-state index is 12.2. The topological polar surface area (TPSA) is 62.1 Å². The summed E-state index contributed by atoms with van der Waals surface area (Å²) in [5.74, 6) is 0.154. The Morgan fingerprint density at radius 3 is 2.33 bits per heavy atom. The van der Waals surface area contributed by atoms with Crippen LogP contribution in [-0.2, 0) is 0 Å². The third-order valence-corrected chi connectivity index (χ3v) is 3.24. The van der Waals surface area contributed by atoms with Gasteiger partial charge in [0.2, 0.25) is 0 Å². The Balaban J connectivity index is 2.11. The Hall–Kier alpha value is -2.22. The monoisotopic (exact) mass is 320 g/mol. The second kappa shape index (κ2) is 6.98. The SMILES string of the molecule is N#CCOc1ccc(NC(=O)c2c(Cl)cccc2Cl)cc1. The fourth-order valence-corrected chi connectivity index (χ4v) is 2.23. The van der Waals surface area contributed by atoms with Gasteiger partial charge in [-0.25, -0.2) is 0 Å². The summed E-state index contributed by atoms with van der Waals surface area (Å²) in [5, 5.41) is 11.7. The number of nitrogens with zero attached hydrogens (tertiary/aromatic N) is 1. The van der Waals surface area contributed by atoms with E-state index in [1.54, 1.807) is 42.5 Å². The van der Waals surface area contributed by atoms with Gasteiger partial charge < -0.3 is 10.1 Å². The molecule has 0 saturated carbocycles. The van der Waals surface area contributed by atoms with Crippen LogP contribution in [0.5, 0.6) is 5.75 Å². The lowest BCUT2D eigenvalue weighted by Gasteiger charge is -2.09. The molecule has 6 heteroatoms. The first kappa shape index (κ1) is 15.2. The molecule has 0 unspecified atom stereocenters. The van der Waals surface area contributed by atoms with E-state index in [9.17, 15) is 4.79 Å². The summed E-state index contributed by atoms with van der Waals surface area (Å²) < 4.78 is 5.12. The summed E-state index contributed by atoms with van der Waals surface area (Å²) in [5.41, 5.74) is 0.797. The smallest absolute Gasteiger partial charge is 0.258 e. The van der Waals surface area contributed by atoms with Crippen LogP contribution in [0.1, 0.15) is 10.4 Å². The number of anilines is 1. The molecular formula is C15H10Cl2N2O2. The minimum atomic E-state index is -0.392. The lowest BCUT2D eigenvalue weighted by atomic mass is 10.2. The van der Waals surface area contributed by atoms with Gasteiger partial charge in [-0.15, -0.1) is 0 Å². The number of ether oxygens (including phenoxy) is 1. The van der Waals surface area contributed by atoms with Gasteiger partial charge in [0.05, 0.1) is 15.6 Å². The second-order valence-corrected chi connectivity index (χ2v) is 4.84. The van der Waals surface area contributed by atoms with E-state index in [0.717, 1.165) is 0 Å². The number of carbonyl (C=O) groups excluding carboxylic acids is 1. The van der Waals surface area contributed by atoms with Crippen molar-refractivity contribution < 1.29 is 9.53 Å². The van der Waals surface area contributed by atoms with Gasteiger partial charge in [0.25, 0.3) is 5.91 Å². The minimum absolute atomic E-state index is 0.0268. The zero-order valence-electron chi connectivity index (χ0n) is 10.8. The van der Waals surface area contributed by atoms with Crippen molar-refractivity contribution in [1.82, 2.24) is 0 Å². The van der Waals surface area contributed by atoms with Crippen LogP contribution in [0.2, 0.25) is 10.0 Å². The van der Waals surface area contributed by atoms with Gasteiger partial charge in [-0.2, -0.15) is 5.26 Å². The molecule has 0 spiro atoms. The highest BCUT2D eigenvalue weighted by Crippen LogP contribution is 2.25. The van der Waals surface area contributed by atoms with E-state index in [1.807, 2.05) is 6.07 Å². The highest BCUT2D eigenvalue weighted by molar-refractivity contribution is 6.40. The van der Waals surface area contributed by atoms with E-state index < -0.39 is 5.91 Å². The number of nitrogens with one attached hydrogen (secondary N) is 1. The van der Waals surface area contributed by atoms with Crippen LogP contribution in [0, 0.1) is 11.3 Å². The summed E-state index contributed by atoms with van der Waals surface area (Å²) in [6.45, 7) is -0.0268. The molecule has 0 aromatic heterocycles. The van der Waals surface area contributed by atoms with Crippen molar-refractivity contribution in [1.29, 1.82) is 5.26 Å². The van der Waals surface area contributed by atoms with Crippen molar-refractivity contribution in [3.8, 4) is 11.8 Å². The zero-order valence-corrected chi connectivity index (χ0v) is 12.3. The standard InChI is InChI=1S/C15H10Cl2N2O2/c16-12-2-1-3-13(17)14(12)15(20)19-10-4-6-11(7-5-10)21-9-8-18/h1-7H,9H2,(H,19,20). The predicted molar refractivity (Wildman–Crippen MR) is 82.0 cm³/mol. The first-order valence-corrected chi connectivity index (χ1v) is 6.72. The predicted octanol–water partition coefficient (Wildman–Crippen LogP) is 4.15. The van der Waals surface area contributed by atoms with Crippen LogP contribution < -0.4 is 10.1 Å². The maximum absolute atomic E-state index is 12.2. The van der Waals surface area contributed by atoms with Crippen LogP contribution in [-0.4, -0.2) is 12.5 Å². The van der Waals surface area contributed by atoms with Crippen LogP contribution in [0.3, 0.4) is 0 Å². The molecule has 4 nitrogen and oxygen atoms in total. The van der Waals surface area contributed by atoms with E-state index in [-0.39, 0.29) is 22.2 Å². The van der Waals surface area contributed by atoms with Gasteiger partial charge in [-0.05, 0) is 36.4 Å². The van der Waals surface area contributed by atoms with Gasteiger partial charge in [0.1, 0.15) is 11.8 Å². The summed E-state index contributed by atoms with van der Waals surface area (Å²) in [6.07, 6.45) is 0. The van der Waals surface area contributed by atoms with Gasteiger partial charge >= 0.3 is 0 Å². The van der Waals surface area contributed by atoms with Gasteiger partial charge in [-0.3, -0.25) is 4.79 Å². The Kier molecular flexibility index (Phi) is 5.04. The summed E-state index contributed by atoms with van der Waals surface area (Å²) in [7, 11) is 0. The normalized spacial score (nSPS) is 9.76. The zero-order chi connectivity index (χ0) is 15.2. The summed E-state index contributed by atoms with van der Waals surface area (Å²) >= 11 is 12.0. The molecule has 0 aliphatic heterocycles. The Morgan fingerprint density at radius 2 is 1.76 bits per heavy atom. The molecular weight excluding hydrogens is 311 g/mol. The molecule has 1 N–H and O–H groups in total. The van der Waals surface area contributed by atoms with Crippen molar-refractivity contribution in [3.05, 3.63) is 58.1 Å². The number of carbonyl (C=O) groups is 1. The molecule has 21 heavy (non-hydrogen) atoms. The highest BCUT2D eigenvalue weighted by Gasteiger charge is 2.14. The van der Waals surface area contributed by atoms with Crippen LogP contribution >= 0.6 is 23.2 Å².